The largest absolute Gasteiger partial charge is 0.282 e. The van der Waals surface area contributed by atoms with Gasteiger partial charge >= 0.3 is 0 Å². The van der Waals surface area contributed by atoms with Gasteiger partial charge in [0, 0.05) is 10.8 Å². The van der Waals surface area contributed by atoms with Crippen molar-refractivity contribution in [1.29, 1.82) is 0 Å². The fourth-order valence-corrected chi connectivity index (χ4v) is 5.98. The van der Waals surface area contributed by atoms with Crippen molar-refractivity contribution in [2.24, 2.45) is 0 Å². The number of carbonyl (C=O) groups excluding carboxylic acids is 1. The van der Waals surface area contributed by atoms with Gasteiger partial charge in [-0.3, -0.25) is 4.79 Å². The molecule has 0 aliphatic carbocycles. The van der Waals surface area contributed by atoms with E-state index in [4.69, 9.17) is 11.6 Å². The monoisotopic (exact) mass is 290 g/mol. The van der Waals surface area contributed by atoms with Crippen molar-refractivity contribution >= 4 is 38.3 Å². The van der Waals surface area contributed by atoms with Crippen LogP contribution in [0.25, 0.3) is 0 Å². The molecule has 92 valence electrons. The minimum Gasteiger partial charge on any atom is -0.282 e. The van der Waals surface area contributed by atoms with E-state index in [-0.39, 0.29) is 21.9 Å². The Kier molecular flexibility index (Phi) is 3.80. The maximum atomic E-state index is 11.9. The summed E-state index contributed by atoms with van der Waals surface area (Å²) in [7, 11) is -3.08. The summed E-state index contributed by atoms with van der Waals surface area (Å²) in [6, 6.07) is 8.80. The molecule has 0 radical (unpaired) electrons. The molecular weight excluding hydrogens is 280 g/mol. The lowest BCUT2D eigenvalue weighted by Gasteiger charge is -2.09. The molecule has 0 bridgehead atoms. The van der Waals surface area contributed by atoms with E-state index in [1.807, 2.05) is 6.07 Å². The topological polar surface area (TPSA) is 51.2 Å². The number of halogens is 1. The highest BCUT2D eigenvalue weighted by Crippen LogP contribution is 2.30. The molecule has 0 N–H and O–H groups in total. The molecular formula is C11H11ClO3S2. The normalized spacial score (nSPS) is 26.9. The molecule has 1 aliphatic rings. The molecule has 0 amide bonds. The Morgan fingerprint density at radius 3 is 2.41 bits per heavy atom. The Balaban J connectivity index is 2.06. The average Bonchev–Trinajstić information content (AvgIpc) is 2.53. The van der Waals surface area contributed by atoms with E-state index < -0.39 is 15.2 Å². The van der Waals surface area contributed by atoms with Gasteiger partial charge in [-0.1, -0.05) is 42.1 Å². The first kappa shape index (κ1) is 12.9. The van der Waals surface area contributed by atoms with Gasteiger partial charge in [0.2, 0.25) is 5.12 Å². The zero-order valence-electron chi connectivity index (χ0n) is 8.87. The fourth-order valence-electron chi connectivity index (χ4n) is 1.66. The molecule has 6 heteroatoms. The van der Waals surface area contributed by atoms with Gasteiger partial charge in [-0.2, -0.15) is 0 Å². The highest BCUT2D eigenvalue weighted by molar-refractivity contribution is 8.15. The lowest BCUT2D eigenvalue weighted by molar-refractivity contribution is 0.108. The number of thioether (sulfide) groups is 1. The first-order valence-electron chi connectivity index (χ1n) is 5.08. The van der Waals surface area contributed by atoms with Crippen molar-refractivity contribution in [3.63, 3.8) is 0 Å². The second-order valence-electron chi connectivity index (χ2n) is 3.90. The van der Waals surface area contributed by atoms with Gasteiger partial charge < -0.3 is 0 Å². The van der Waals surface area contributed by atoms with Crippen LogP contribution in [-0.2, 0) is 9.84 Å². The average molecular weight is 291 g/mol. The van der Waals surface area contributed by atoms with Crippen molar-refractivity contribution < 1.29 is 13.2 Å². The number of carbonyl (C=O) groups is 1. The van der Waals surface area contributed by atoms with Gasteiger partial charge in [0.25, 0.3) is 0 Å². The molecule has 1 aliphatic heterocycles. The number of sulfone groups is 1. The Labute approximate surface area is 109 Å². The third-order valence-electron chi connectivity index (χ3n) is 2.50. The second kappa shape index (κ2) is 5.00. The molecule has 3 nitrogen and oxygen atoms in total. The molecule has 17 heavy (non-hydrogen) atoms. The number of hydrogen-bond donors (Lipinski definition) is 0. The van der Waals surface area contributed by atoms with Gasteiger partial charge in [0.1, 0.15) is 0 Å². The van der Waals surface area contributed by atoms with Crippen LogP contribution in [0.2, 0.25) is 0 Å². The van der Waals surface area contributed by atoms with E-state index in [0.29, 0.717) is 5.56 Å². The van der Waals surface area contributed by atoms with E-state index >= 15 is 0 Å². The van der Waals surface area contributed by atoms with Crippen LogP contribution >= 0.6 is 23.4 Å². The Morgan fingerprint density at radius 1 is 1.24 bits per heavy atom. The molecule has 2 atom stereocenters. The van der Waals surface area contributed by atoms with Crippen LogP contribution in [0.5, 0.6) is 0 Å². The summed E-state index contributed by atoms with van der Waals surface area (Å²) < 4.78 is 22.7. The number of hydrogen-bond acceptors (Lipinski definition) is 4. The highest BCUT2D eigenvalue weighted by Gasteiger charge is 2.38. The van der Waals surface area contributed by atoms with Crippen molar-refractivity contribution in [3.8, 4) is 0 Å². The predicted molar refractivity (Wildman–Crippen MR) is 70.4 cm³/mol. The summed E-state index contributed by atoms with van der Waals surface area (Å²) in [5, 5.41) is -0.939. The van der Waals surface area contributed by atoms with E-state index in [2.05, 4.69) is 0 Å². The minimum atomic E-state index is -3.08. The highest BCUT2D eigenvalue weighted by atomic mass is 35.5. The minimum absolute atomic E-state index is 0.00952. The lowest BCUT2D eigenvalue weighted by atomic mass is 10.2. The smallest absolute Gasteiger partial charge is 0.219 e. The molecule has 0 saturated carbocycles. The zero-order chi connectivity index (χ0) is 12.5. The SMILES string of the molecule is O=C(S[C@@H]1CS(=O)(=O)C[C@H]1Cl)c1ccccc1. The van der Waals surface area contributed by atoms with Crippen LogP contribution in [0.15, 0.2) is 30.3 Å². The van der Waals surface area contributed by atoms with Crippen molar-refractivity contribution in [1.82, 2.24) is 0 Å². The summed E-state index contributed by atoms with van der Waals surface area (Å²) in [6.07, 6.45) is 0. The molecule has 0 unspecified atom stereocenters. The number of benzene rings is 1. The van der Waals surface area contributed by atoms with Gasteiger partial charge in [-0.25, -0.2) is 8.42 Å². The maximum Gasteiger partial charge on any atom is 0.219 e. The van der Waals surface area contributed by atoms with Crippen molar-refractivity contribution in [2.75, 3.05) is 11.5 Å². The molecule has 1 aromatic rings. The summed E-state index contributed by atoms with van der Waals surface area (Å²) >= 11 is 6.96. The summed E-state index contributed by atoms with van der Waals surface area (Å²) in [6.45, 7) is 0. The van der Waals surface area contributed by atoms with Crippen molar-refractivity contribution in [2.45, 2.75) is 10.6 Å². The number of rotatable bonds is 2. The van der Waals surface area contributed by atoms with Crippen molar-refractivity contribution in [3.05, 3.63) is 35.9 Å². The Bertz CT molecular complexity index is 513. The maximum absolute atomic E-state index is 11.9. The van der Waals surface area contributed by atoms with Gasteiger partial charge in [-0.05, 0) is 0 Å². The summed E-state index contributed by atoms with van der Waals surface area (Å²) in [5.41, 5.74) is 0.575. The molecule has 1 aromatic carbocycles. The Morgan fingerprint density at radius 2 is 1.88 bits per heavy atom. The lowest BCUT2D eigenvalue weighted by Crippen LogP contribution is -2.16. The van der Waals surface area contributed by atoms with Crippen LogP contribution in [0.4, 0.5) is 0 Å². The van der Waals surface area contributed by atoms with Crippen LogP contribution in [0, 0.1) is 0 Å². The standard InChI is InChI=1S/C11H11ClO3S2/c12-9-6-17(14,15)7-10(9)16-11(13)8-4-2-1-3-5-8/h1-5,9-10H,6-7H2/t9-,10-/m1/s1. The molecule has 1 saturated heterocycles. The third-order valence-corrected chi connectivity index (χ3v) is 6.49. The third kappa shape index (κ3) is 3.24. The molecule has 0 spiro atoms. The van der Waals surface area contributed by atoms with E-state index in [0.717, 1.165) is 11.8 Å². The summed E-state index contributed by atoms with van der Waals surface area (Å²) in [5.74, 6) is -0.0430. The second-order valence-corrected chi connectivity index (χ2v) is 7.83. The first-order chi connectivity index (χ1) is 7.98. The fraction of sp³-hybridized carbons (Fsp3) is 0.364. The molecule has 1 heterocycles. The van der Waals surface area contributed by atoms with Gasteiger partial charge in [0.05, 0.1) is 16.9 Å². The van der Waals surface area contributed by atoms with Crippen LogP contribution in [0.1, 0.15) is 10.4 Å². The predicted octanol–water partition coefficient (Wildman–Crippen LogP) is 1.96. The molecule has 2 rings (SSSR count). The van der Waals surface area contributed by atoms with Gasteiger partial charge in [-0.15, -0.1) is 11.6 Å². The van der Waals surface area contributed by atoms with Crippen LogP contribution in [0.3, 0.4) is 0 Å². The van der Waals surface area contributed by atoms with Gasteiger partial charge in [0.15, 0.2) is 9.84 Å². The van der Waals surface area contributed by atoms with Crippen LogP contribution in [-0.4, -0.2) is 35.7 Å². The number of alkyl halides is 1. The Hall–Kier alpha value is -0.520. The van der Waals surface area contributed by atoms with E-state index in [9.17, 15) is 13.2 Å². The quantitative estimate of drug-likeness (QED) is 0.782. The summed E-state index contributed by atoms with van der Waals surface area (Å²) in [4.78, 5) is 11.9. The first-order valence-corrected chi connectivity index (χ1v) is 8.22. The molecule has 1 fully saturated rings. The molecule has 0 aromatic heterocycles. The zero-order valence-corrected chi connectivity index (χ0v) is 11.3. The van der Waals surface area contributed by atoms with E-state index in [1.54, 1.807) is 24.3 Å². The van der Waals surface area contributed by atoms with E-state index in [1.165, 1.54) is 0 Å². The van der Waals surface area contributed by atoms with Crippen LogP contribution < -0.4 is 0 Å².